The number of carboxylic acid groups (broad SMARTS) is 1. The molecule has 0 heterocycles. The first kappa shape index (κ1) is 10.6. The van der Waals surface area contributed by atoms with Crippen LogP contribution in [0.1, 0.15) is 10.4 Å². The Balaban J connectivity index is 3.09. The maximum Gasteiger partial charge on any atom is 0.338 e. The number of halogens is 1. The van der Waals surface area contributed by atoms with Gasteiger partial charge in [0, 0.05) is 4.47 Å². The van der Waals surface area contributed by atoms with Gasteiger partial charge in [-0.3, -0.25) is 0 Å². The van der Waals surface area contributed by atoms with Crippen LogP contribution < -0.4 is 5.32 Å². The van der Waals surface area contributed by atoms with Crippen LogP contribution in [-0.4, -0.2) is 17.6 Å². The predicted octanol–water partition coefficient (Wildman–Crippen LogP) is 2.19. The summed E-state index contributed by atoms with van der Waals surface area (Å²) in [6, 6.07) is 5.09. The van der Waals surface area contributed by atoms with Gasteiger partial charge in [-0.15, -0.1) is 6.42 Å². The molecule has 0 amide bonds. The molecule has 0 bridgehead atoms. The van der Waals surface area contributed by atoms with E-state index >= 15 is 0 Å². The summed E-state index contributed by atoms with van der Waals surface area (Å²) >= 11 is 3.17. The van der Waals surface area contributed by atoms with Gasteiger partial charge in [-0.1, -0.05) is 12.0 Å². The second-order valence-corrected chi connectivity index (χ2v) is 3.38. The lowest BCUT2D eigenvalue weighted by molar-refractivity contribution is 0.0697. The van der Waals surface area contributed by atoms with E-state index in [0.717, 1.165) is 0 Å². The summed E-state index contributed by atoms with van der Waals surface area (Å²) in [7, 11) is 0. The molecule has 0 aliphatic heterocycles. The summed E-state index contributed by atoms with van der Waals surface area (Å²) in [4.78, 5) is 10.9. The van der Waals surface area contributed by atoms with Gasteiger partial charge in [-0.05, 0) is 28.1 Å². The zero-order valence-electron chi connectivity index (χ0n) is 7.25. The Kier molecular flexibility index (Phi) is 3.55. The number of terminal acetylenes is 1. The number of aromatic carboxylic acids is 1. The molecule has 14 heavy (non-hydrogen) atoms. The highest BCUT2D eigenvalue weighted by Gasteiger charge is 2.12. The van der Waals surface area contributed by atoms with Crippen LogP contribution in [0.2, 0.25) is 0 Å². The molecule has 0 saturated carbocycles. The third kappa shape index (κ3) is 2.27. The average Bonchev–Trinajstić information content (AvgIpc) is 2.14. The first-order chi connectivity index (χ1) is 6.66. The number of carboxylic acids is 1. The van der Waals surface area contributed by atoms with E-state index < -0.39 is 5.97 Å². The van der Waals surface area contributed by atoms with Gasteiger partial charge in [0.05, 0.1) is 17.8 Å². The van der Waals surface area contributed by atoms with Crippen LogP contribution in [0.5, 0.6) is 0 Å². The molecular formula is C10H8BrNO2. The summed E-state index contributed by atoms with van der Waals surface area (Å²) in [6.07, 6.45) is 5.07. The third-order valence-corrected chi connectivity index (χ3v) is 2.27. The van der Waals surface area contributed by atoms with Gasteiger partial charge < -0.3 is 10.4 Å². The van der Waals surface area contributed by atoms with Crippen LogP contribution in [0.4, 0.5) is 5.69 Å². The molecule has 0 aliphatic carbocycles. The van der Waals surface area contributed by atoms with E-state index in [4.69, 9.17) is 11.5 Å². The third-order valence-electron chi connectivity index (χ3n) is 1.61. The molecule has 0 saturated heterocycles. The van der Waals surface area contributed by atoms with E-state index in [0.29, 0.717) is 16.7 Å². The Hall–Kier alpha value is -1.47. The van der Waals surface area contributed by atoms with E-state index in [1.807, 2.05) is 0 Å². The van der Waals surface area contributed by atoms with Gasteiger partial charge in [0.1, 0.15) is 0 Å². The molecule has 72 valence electrons. The van der Waals surface area contributed by atoms with E-state index in [1.54, 1.807) is 18.2 Å². The molecule has 0 aliphatic rings. The highest BCUT2D eigenvalue weighted by molar-refractivity contribution is 9.10. The maximum atomic E-state index is 10.9. The molecule has 0 unspecified atom stereocenters. The van der Waals surface area contributed by atoms with Crippen molar-refractivity contribution in [3.63, 3.8) is 0 Å². The van der Waals surface area contributed by atoms with Crippen molar-refractivity contribution >= 4 is 27.6 Å². The number of nitrogens with one attached hydrogen (secondary N) is 1. The molecule has 4 heteroatoms. The summed E-state index contributed by atoms with van der Waals surface area (Å²) in [5.74, 6) is 1.39. The molecule has 0 radical (unpaired) electrons. The highest BCUT2D eigenvalue weighted by Crippen LogP contribution is 2.24. The summed E-state index contributed by atoms with van der Waals surface area (Å²) in [5, 5.41) is 11.8. The second-order valence-electron chi connectivity index (χ2n) is 2.53. The normalized spacial score (nSPS) is 9.14. The van der Waals surface area contributed by atoms with Crippen molar-refractivity contribution in [3.8, 4) is 12.3 Å². The van der Waals surface area contributed by atoms with Gasteiger partial charge in [0.25, 0.3) is 0 Å². The first-order valence-corrected chi connectivity index (χ1v) is 4.65. The van der Waals surface area contributed by atoms with Crippen LogP contribution >= 0.6 is 15.9 Å². The predicted molar refractivity (Wildman–Crippen MR) is 58.4 cm³/mol. The number of hydrogen-bond donors (Lipinski definition) is 2. The Bertz CT molecular complexity index is 396. The SMILES string of the molecule is C#CCNc1cccc(Br)c1C(=O)O. The van der Waals surface area contributed by atoms with E-state index in [2.05, 4.69) is 27.2 Å². The molecular weight excluding hydrogens is 246 g/mol. The Morgan fingerprint density at radius 3 is 2.93 bits per heavy atom. The van der Waals surface area contributed by atoms with Crippen LogP contribution in [-0.2, 0) is 0 Å². The highest BCUT2D eigenvalue weighted by atomic mass is 79.9. The molecule has 1 aromatic rings. The fourth-order valence-corrected chi connectivity index (χ4v) is 1.57. The van der Waals surface area contributed by atoms with Gasteiger partial charge in [0.15, 0.2) is 0 Å². The van der Waals surface area contributed by atoms with Crippen molar-refractivity contribution < 1.29 is 9.90 Å². The van der Waals surface area contributed by atoms with Crippen molar-refractivity contribution in [3.05, 3.63) is 28.2 Å². The van der Waals surface area contributed by atoms with Crippen molar-refractivity contribution in [1.82, 2.24) is 0 Å². The minimum absolute atomic E-state index is 0.197. The van der Waals surface area contributed by atoms with Crippen molar-refractivity contribution in [2.45, 2.75) is 0 Å². The summed E-state index contributed by atoms with van der Waals surface area (Å²) in [6.45, 7) is 0.302. The molecule has 0 spiro atoms. The molecule has 1 rings (SSSR count). The summed E-state index contributed by atoms with van der Waals surface area (Å²) in [5.41, 5.74) is 0.715. The second kappa shape index (κ2) is 4.68. The molecule has 2 N–H and O–H groups in total. The molecule has 0 aromatic heterocycles. The number of benzene rings is 1. The monoisotopic (exact) mass is 253 g/mol. The molecule has 0 atom stereocenters. The lowest BCUT2D eigenvalue weighted by atomic mass is 10.2. The number of rotatable bonds is 3. The Labute approximate surface area is 90.3 Å². The lowest BCUT2D eigenvalue weighted by Crippen LogP contribution is -2.07. The first-order valence-electron chi connectivity index (χ1n) is 3.86. The van der Waals surface area contributed by atoms with Crippen molar-refractivity contribution in [2.24, 2.45) is 0 Å². The number of hydrogen-bond acceptors (Lipinski definition) is 2. The Morgan fingerprint density at radius 2 is 2.36 bits per heavy atom. The van der Waals surface area contributed by atoms with Gasteiger partial charge in [-0.25, -0.2) is 4.79 Å². The molecule has 3 nitrogen and oxygen atoms in total. The maximum absolute atomic E-state index is 10.9. The van der Waals surface area contributed by atoms with Crippen LogP contribution in [0.3, 0.4) is 0 Å². The van der Waals surface area contributed by atoms with Crippen LogP contribution in [0.25, 0.3) is 0 Å². The van der Waals surface area contributed by atoms with Gasteiger partial charge >= 0.3 is 5.97 Å². The molecule has 1 aromatic carbocycles. The van der Waals surface area contributed by atoms with Gasteiger partial charge in [-0.2, -0.15) is 0 Å². The molecule has 0 fully saturated rings. The van der Waals surface area contributed by atoms with Crippen LogP contribution in [0.15, 0.2) is 22.7 Å². The van der Waals surface area contributed by atoms with Crippen LogP contribution in [0, 0.1) is 12.3 Å². The minimum Gasteiger partial charge on any atom is -0.478 e. The number of anilines is 1. The van der Waals surface area contributed by atoms with E-state index in [-0.39, 0.29) is 5.56 Å². The zero-order valence-corrected chi connectivity index (χ0v) is 8.84. The average molecular weight is 254 g/mol. The number of carbonyl (C=O) groups is 1. The topological polar surface area (TPSA) is 49.3 Å². The van der Waals surface area contributed by atoms with Gasteiger partial charge in [0.2, 0.25) is 0 Å². The van der Waals surface area contributed by atoms with E-state index in [1.165, 1.54) is 0 Å². The Morgan fingerprint density at radius 1 is 1.64 bits per heavy atom. The standard InChI is InChI=1S/C10H8BrNO2/c1-2-6-12-8-5-3-4-7(11)9(8)10(13)14/h1,3-5,12H,6H2,(H,13,14). The van der Waals surface area contributed by atoms with Crippen molar-refractivity contribution in [2.75, 3.05) is 11.9 Å². The smallest absolute Gasteiger partial charge is 0.338 e. The van der Waals surface area contributed by atoms with Crippen molar-refractivity contribution in [1.29, 1.82) is 0 Å². The fraction of sp³-hybridized carbons (Fsp3) is 0.100. The quantitative estimate of drug-likeness (QED) is 0.813. The minimum atomic E-state index is -0.989. The lowest BCUT2D eigenvalue weighted by Gasteiger charge is -2.07. The largest absolute Gasteiger partial charge is 0.478 e. The fourth-order valence-electron chi connectivity index (χ4n) is 1.04. The zero-order chi connectivity index (χ0) is 10.6. The summed E-state index contributed by atoms with van der Waals surface area (Å²) < 4.78 is 0.534. The van der Waals surface area contributed by atoms with E-state index in [9.17, 15) is 4.79 Å².